The maximum absolute atomic E-state index is 11.9. The van der Waals surface area contributed by atoms with Gasteiger partial charge in [0, 0.05) is 0 Å². The average molecular weight is 272 g/mol. The van der Waals surface area contributed by atoms with Crippen LogP contribution in [0.25, 0.3) is 0 Å². The first-order valence-corrected chi connectivity index (χ1v) is 6.29. The summed E-state index contributed by atoms with van der Waals surface area (Å²) >= 11 is 0. The third-order valence-corrected chi connectivity index (χ3v) is 2.66. The van der Waals surface area contributed by atoms with Gasteiger partial charge in [-0.1, -0.05) is 30.3 Å². The number of hydrogen-bond donors (Lipinski definition) is 0. The Morgan fingerprint density at radius 3 is 2.40 bits per heavy atom. The molecule has 0 aromatic heterocycles. The van der Waals surface area contributed by atoms with Crippen LogP contribution in [0.15, 0.2) is 54.6 Å². The van der Waals surface area contributed by atoms with E-state index in [0.29, 0.717) is 17.9 Å². The van der Waals surface area contributed by atoms with Crippen molar-refractivity contribution in [1.29, 1.82) is 0 Å². The van der Waals surface area contributed by atoms with Crippen LogP contribution in [0, 0.1) is 0 Å². The van der Waals surface area contributed by atoms with Gasteiger partial charge in [-0.2, -0.15) is 0 Å². The Balaban J connectivity index is 1.81. The zero-order chi connectivity index (χ0) is 14.2. The van der Waals surface area contributed by atoms with Crippen LogP contribution in [-0.2, 0) is 4.74 Å². The summed E-state index contributed by atoms with van der Waals surface area (Å²) in [5, 5.41) is 0. The second-order valence-electron chi connectivity index (χ2n) is 4.00. The lowest BCUT2D eigenvalue weighted by molar-refractivity contribution is 0.0447. The van der Waals surface area contributed by atoms with E-state index in [-0.39, 0.29) is 6.61 Å². The summed E-state index contributed by atoms with van der Waals surface area (Å²) in [7, 11) is 1.52. The van der Waals surface area contributed by atoms with E-state index in [9.17, 15) is 4.79 Å². The van der Waals surface area contributed by atoms with Gasteiger partial charge < -0.3 is 14.2 Å². The lowest BCUT2D eigenvalue weighted by Crippen LogP contribution is -2.13. The Hall–Kier alpha value is -2.49. The van der Waals surface area contributed by atoms with Gasteiger partial charge in [0.2, 0.25) is 0 Å². The highest BCUT2D eigenvalue weighted by molar-refractivity contribution is 5.92. The minimum atomic E-state index is -0.417. The minimum absolute atomic E-state index is 0.186. The molecule has 20 heavy (non-hydrogen) atoms. The molecule has 0 heterocycles. The lowest BCUT2D eigenvalue weighted by Gasteiger charge is -2.09. The Morgan fingerprint density at radius 1 is 0.950 bits per heavy atom. The smallest absolute Gasteiger partial charge is 0.342 e. The second-order valence-corrected chi connectivity index (χ2v) is 4.00. The van der Waals surface area contributed by atoms with Gasteiger partial charge in [-0.15, -0.1) is 0 Å². The van der Waals surface area contributed by atoms with E-state index in [1.807, 2.05) is 30.3 Å². The summed E-state index contributed by atoms with van der Waals surface area (Å²) in [6, 6.07) is 16.3. The molecule has 4 heteroatoms. The van der Waals surface area contributed by atoms with Gasteiger partial charge in [0.05, 0.1) is 7.11 Å². The topological polar surface area (TPSA) is 44.8 Å². The molecule has 0 aliphatic rings. The summed E-state index contributed by atoms with van der Waals surface area (Å²) in [6.07, 6.45) is 0. The van der Waals surface area contributed by atoms with Crippen LogP contribution in [0.4, 0.5) is 0 Å². The molecule has 0 bridgehead atoms. The Morgan fingerprint density at radius 2 is 1.65 bits per heavy atom. The number of carbonyl (C=O) groups excluding carboxylic acids is 1. The zero-order valence-electron chi connectivity index (χ0n) is 11.2. The van der Waals surface area contributed by atoms with Crippen molar-refractivity contribution in [2.45, 2.75) is 0 Å². The number of carbonyl (C=O) groups is 1. The normalized spacial score (nSPS) is 9.85. The van der Waals surface area contributed by atoms with Crippen LogP contribution in [0.1, 0.15) is 10.4 Å². The van der Waals surface area contributed by atoms with Crippen LogP contribution in [0.3, 0.4) is 0 Å². The molecule has 2 aromatic rings. The molecule has 0 amide bonds. The minimum Gasteiger partial charge on any atom is -0.496 e. The quantitative estimate of drug-likeness (QED) is 0.599. The number of hydrogen-bond acceptors (Lipinski definition) is 4. The highest BCUT2D eigenvalue weighted by Gasteiger charge is 2.12. The van der Waals surface area contributed by atoms with E-state index < -0.39 is 5.97 Å². The van der Waals surface area contributed by atoms with E-state index in [2.05, 4.69) is 0 Å². The van der Waals surface area contributed by atoms with Gasteiger partial charge in [-0.25, -0.2) is 4.79 Å². The molecule has 0 fully saturated rings. The Labute approximate surface area is 117 Å². The number of benzene rings is 2. The van der Waals surface area contributed by atoms with Crippen molar-refractivity contribution in [2.24, 2.45) is 0 Å². The highest BCUT2D eigenvalue weighted by atomic mass is 16.6. The molecule has 0 atom stereocenters. The fraction of sp³-hybridized carbons (Fsp3) is 0.188. The van der Waals surface area contributed by atoms with Crippen molar-refractivity contribution in [3.8, 4) is 11.5 Å². The average Bonchev–Trinajstić information content (AvgIpc) is 2.52. The maximum Gasteiger partial charge on any atom is 0.342 e. The summed E-state index contributed by atoms with van der Waals surface area (Å²) in [6.45, 7) is 0.497. The fourth-order valence-electron chi connectivity index (χ4n) is 1.70. The van der Waals surface area contributed by atoms with Gasteiger partial charge in [-0.3, -0.25) is 0 Å². The molecule has 2 aromatic carbocycles. The number of methoxy groups -OCH3 is 1. The van der Waals surface area contributed by atoms with Crippen LogP contribution >= 0.6 is 0 Å². The fourth-order valence-corrected chi connectivity index (χ4v) is 1.70. The Bertz CT molecular complexity index is 551. The van der Waals surface area contributed by atoms with Crippen molar-refractivity contribution < 1.29 is 19.0 Å². The summed E-state index contributed by atoms with van der Waals surface area (Å²) in [5.74, 6) is 0.835. The molecule has 0 N–H and O–H groups in total. The predicted octanol–water partition coefficient (Wildman–Crippen LogP) is 2.93. The standard InChI is InChI=1S/C16H16O4/c1-18-15-10-6-5-9-14(15)16(17)20-12-11-19-13-7-3-2-4-8-13/h2-10H,11-12H2,1H3. The van der Waals surface area contributed by atoms with Crippen LogP contribution in [0.5, 0.6) is 11.5 Å². The Kier molecular flexibility index (Phi) is 5.00. The number of ether oxygens (including phenoxy) is 3. The number of para-hydroxylation sites is 2. The van der Waals surface area contributed by atoms with Crippen LogP contribution in [0.2, 0.25) is 0 Å². The molecule has 4 nitrogen and oxygen atoms in total. The zero-order valence-corrected chi connectivity index (χ0v) is 11.2. The summed E-state index contributed by atoms with van der Waals surface area (Å²) in [5.41, 5.74) is 0.412. The highest BCUT2D eigenvalue weighted by Crippen LogP contribution is 2.18. The summed E-state index contributed by atoms with van der Waals surface area (Å²) in [4.78, 5) is 11.9. The summed E-state index contributed by atoms with van der Waals surface area (Å²) < 4.78 is 15.7. The largest absolute Gasteiger partial charge is 0.496 e. The van der Waals surface area contributed by atoms with E-state index in [1.54, 1.807) is 24.3 Å². The van der Waals surface area contributed by atoms with Crippen molar-refractivity contribution in [2.75, 3.05) is 20.3 Å². The van der Waals surface area contributed by atoms with E-state index >= 15 is 0 Å². The molecule has 0 aliphatic carbocycles. The van der Waals surface area contributed by atoms with Crippen molar-refractivity contribution in [1.82, 2.24) is 0 Å². The van der Waals surface area contributed by atoms with E-state index in [1.165, 1.54) is 7.11 Å². The molecule has 104 valence electrons. The molecule has 0 unspecified atom stereocenters. The first-order valence-electron chi connectivity index (χ1n) is 6.29. The van der Waals surface area contributed by atoms with E-state index in [0.717, 1.165) is 5.75 Å². The molecule has 0 radical (unpaired) electrons. The lowest BCUT2D eigenvalue weighted by atomic mass is 10.2. The van der Waals surface area contributed by atoms with Gasteiger partial charge in [-0.05, 0) is 24.3 Å². The number of rotatable bonds is 6. The molecule has 2 rings (SSSR count). The van der Waals surface area contributed by atoms with Crippen LogP contribution < -0.4 is 9.47 Å². The first-order chi connectivity index (χ1) is 9.81. The van der Waals surface area contributed by atoms with E-state index in [4.69, 9.17) is 14.2 Å². The molecule has 0 saturated heterocycles. The van der Waals surface area contributed by atoms with Gasteiger partial charge in [0.1, 0.15) is 30.3 Å². The predicted molar refractivity (Wildman–Crippen MR) is 75.2 cm³/mol. The first kappa shape index (κ1) is 13.9. The molecular weight excluding hydrogens is 256 g/mol. The van der Waals surface area contributed by atoms with Crippen molar-refractivity contribution in [3.05, 3.63) is 60.2 Å². The van der Waals surface area contributed by atoms with Crippen molar-refractivity contribution in [3.63, 3.8) is 0 Å². The third kappa shape index (κ3) is 3.75. The van der Waals surface area contributed by atoms with Crippen molar-refractivity contribution >= 4 is 5.97 Å². The second kappa shape index (κ2) is 7.19. The number of esters is 1. The molecule has 0 saturated carbocycles. The monoisotopic (exact) mass is 272 g/mol. The van der Waals surface area contributed by atoms with Crippen LogP contribution in [-0.4, -0.2) is 26.3 Å². The van der Waals surface area contributed by atoms with Gasteiger partial charge in [0.15, 0.2) is 0 Å². The van der Waals surface area contributed by atoms with Gasteiger partial charge in [0.25, 0.3) is 0 Å². The maximum atomic E-state index is 11.9. The molecule has 0 aliphatic heterocycles. The SMILES string of the molecule is COc1ccccc1C(=O)OCCOc1ccccc1. The van der Waals surface area contributed by atoms with Gasteiger partial charge >= 0.3 is 5.97 Å². The molecule has 0 spiro atoms. The molecular formula is C16H16O4. The third-order valence-electron chi connectivity index (χ3n) is 2.66.